The quantitative estimate of drug-likeness (QED) is 0.432. The zero-order valence-corrected chi connectivity index (χ0v) is 13.9. The number of alkyl halides is 1. The van der Waals surface area contributed by atoms with Gasteiger partial charge in [0.1, 0.15) is 17.3 Å². The molecule has 0 radical (unpaired) electrons. The van der Waals surface area contributed by atoms with Crippen LogP contribution < -0.4 is 4.74 Å². The second-order valence-electron chi connectivity index (χ2n) is 4.03. The Balaban J connectivity index is 2.33. The first-order chi connectivity index (χ1) is 9.01. The molecule has 0 fully saturated rings. The van der Waals surface area contributed by atoms with Gasteiger partial charge in [-0.3, -0.25) is 0 Å². The lowest BCUT2D eigenvalue weighted by molar-refractivity contribution is 0.470. The maximum atomic E-state index is 13.4. The van der Waals surface area contributed by atoms with E-state index in [0.717, 1.165) is 16.5 Å². The monoisotopic (exact) mass is 406 g/mol. The summed E-state index contributed by atoms with van der Waals surface area (Å²) in [6.07, 6.45) is 0. The lowest BCUT2D eigenvalue weighted by Crippen LogP contribution is -1.91. The molecule has 0 spiro atoms. The fraction of sp³-hybridized carbons (Fsp3) is 0.143. The third-order valence-electron chi connectivity index (χ3n) is 2.59. The topological polar surface area (TPSA) is 9.23 Å². The maximum absolute atomic E-state index is 13.4. The third kappa shape index (κ3) is 3.50. The van der Waals surface area contributed by atoms with Crippen molar-refractivity contribution in [1.82, 2.24) is 0 Å². The van der Waals surface area contributed by atoms with Crippen molar-refractivity contribution in [2.75, 3.05) is 0 Å². The molecule has 0 heterocycles. The van der Waals surface area contributed by atoms with E-state index in [1.807, 2.05) is 25.1 Å². The molecule has 0 aromatic heterocycles. The molecule has 0 N–H and O–H groups in total. The number of benzene rings is 2. The van der Waals surface area contributed by atoms with Gasteiger partial charge >= 0.3 is 0 Å². The molecular formula is C14H10Br2ClFO. The lowest BCUT2D eigenvalue weighted by atomic mass is 10.1. The summed E-state index contributed by atoms with van der Waals surface area (Å²) in [5.41, 5.74) is 2.14. The Labute approximate surface area is 133 Å². The summed E-state index contributed by atoms with van der Waals surface area (Å²) in [6.45, 7) is 1.95. The van der Waals surface area contributed by atoms with Crippen molar-refractivity contribution in [2.24, 2.45) is 0 Å². The molecule has 0 saturated heterocycles. The molecule has 2 rings (SSSR count). The molecule has 2 aromatic carbocycles. The number of ether oxygens (including phenoxy) is 1. The summed E-state index contributed by atoms with van der Waals surface area (Å²) < 4.78 is 19.8. The van der Waals surface area contributed by atoms with Crippen LogP contribution in [0.2, 0.25) is 5.02 Å². The summed E-state index contributed by atoms with van der Waals surface area (Å²) in [7, 11) is 0. The van der Waals surface area contributed by atoms with Crippen LogP contribution in [0.25, 0.3) is 0 Å². The third-order valence-corrected chi connectivity index (χ3v) is 4.15. The van der Waals surface area contributed by atoms with Gasteiger partial charge in [-0.25, -0.2) is 4.39 Å². The molecule has 2 aromatic rings. The van der Waals surface area contributed by atoms with Gasteiger partial charge in [0, 0.05) is 11.4 Å². The van der Waals surface area contributed by atoms with E-state index >= 15 is 0 Å². The molecule has 0 atom stereocenters. The van der Waals surface area contributed by atoms with Crippen molar-refractivity contribution in [1.29, 1.82) is 0 Å². The fourth-order valence-electron chi connectivity index (χ4n) is 1.61. The van der Waals surface area contributed by atoms with E-state index in [4.69, 9.17) is 16.3 Å². The minimum absolute atomic E-state index is 0.0607. The van der Waals surface area contributed by atoms with Crippen LogP contribution >= 0.6 is 43.5 Å². The first-order valence-corrected chi connectivity index (χ1v) is 7.78. The molecular weight excluding hydrogens is 398 g/mol. The molecule has 0 bridgehead atoms. The van der Waals surface area contributed by atoms with Gasteiger partial charge in [-0.05, 0) is 46.1 Å². The Morgan fingerprint density at radius 2 is 1.95 bits per heavy atom. The SMILES string of the molecule is Cc1cc(CBr)ccc1Oc1cc(F)c(Cl)cc1Br. The van der Waals surface area contributed by atoms with Gasteiger partial charge in [0.15, 0.2) is 0 Å². The molecule has 0 unspecified atom stereocenters. The highest BCUT2D eigenvalue weighted by Gasteiger charge is 2.10. The van der Waals surface area contributed by atoms with E-state index in [1.54, 1.807) is 0 Å². The molecule has 0 aliphatic carbocycles. The van der Waals surface area contributed by atoms with Crippen molar-refractivity contribution in [3.05, 3.63) is 56.8 Å². The number of aryl methyl sites for hydroxylation is 1. The molecule has 0 aliphatic heterocycles. The van der Waals surface area contributed by atoms with Gasteiger partial charge < -0.3 is 4.74 Å². The summed E-state index contributed by atoms with van der Waals surface area (Å²) in [5.74, 6) is 0.582. The highest BCUT2D eigenvalue weighted by molar-refractivity contribution is 9.10. The molecule has 100 valence electrons. The minimum atomic E-state index is -0.505. The number of halogens is 4. The summed E-state index contributed by atoms with van der Waals surface area (Å²) in [5, 5.41) is 0.846. The number of hydrogen-bond donors (Lipinski definition) is 0. The Bertz CT molecular complexity index is 617. The molecule has 0 amide bonds. The first kappa shape index (κ1) is 14.8. The van der Waals surface area contributed by atoms with Crippen molar-refractivity contribution in [3.63, 3.8) is 0 Å². The van der Waals surface area contributed by atoms with E-state index in [-0.39, 0.29) is 5.02 Å². The van der Waals surface area contributed by atoms with Crippen molar-refractivity contribution < 1.29 is 9.13 Å². The largest absolute Gasteiger partial charge is 0.456 e. The smallest absolute Gasteiger partial charge is 0.145 e. The van der Waals surface area contributed by atoms with Crippen molar-refractivity contribution in [3.8, 4) is 11.5 Å². The Kier molecular flexibility index (Phi) is 4.87. The lowest BCUT2D eigenvalue weighted by Gasteiger charge is -2.11. The van der Waals surface area contributed by atoms with Crippen LogP contribution in [-0.2, 0) is 5.33 Å². The fourth-order valence-corrected chi connectivity index (χ4v) is 2.68. The van der Waals surface area contributed by atoms with Crippen LogP contribution in [0.5, 0.6) is 11.5 Å². The number of hydrogen-bond acceptors (Lipinski definition) is 1. The second-order valence-corrected chi connectivity index (χ2v) is 5.85. The van der Waals surface area contributed by atoms with Gasteiger partial charge in [0.05, 0.1) is 9.50 Å². The number of rotatable bonds is 3. The van der Waals surface area contributed by atoms with Crippen LogP contribution in [-0.4, -0.2) is 0 Å². The van der Waals surface area contributed by atoms with Crippen LogP contribution in [0.1, 0.15) is 11.1 Å². The van der Waals surface area contributed by atoms with E-state index in [9.17, 15) is 4.39 Å². The highest BCUT2D eigenvalue weighted by Crippen LogP contribution is 2.35. The van der Waals surface area contributed by atoms with Crippen LogP contribution in [0.15, 0.2) is 34.8 Å². The minimum Gasteiger partial charge on any atom is -0.456 e. The molecule has 5 heteroatoms. The summed E-state index contributed by atoms with van der Waals surface area (Å²) >= 11 is 12.4. The Morgan fingerprint density at radius 1 is 1.21 bits per heavy atom. The van der Waals surface area contributed by atoms with E-state index in [1.165, 1.54) is 12.1 Å². The van der Waals surface area contributed by atoms with Gasteiger partial charge in [0.2, 0.25) is 0 Å². The predicted molar refractivity (Wildman–Crippen MR) is 83.0 cm³/mol. The van der Waals surface area contributed by atoms with E-state index in [2.05, 4.69) is 31.9 Å². The molecule has 0 saturated carbocycles. The average molecular weight is 408 g/mol. The Hall–Kier alpha value is -0.580. The zero-order valence-electron chi connectivity index (χ0n) is 10.0. The summed E-state index contributed by atoms with van der Waals surface area (Å²) in [4.78, 5) is 0. The normalized spacial score (nSPS) is 10.6. The van der Waals surface area contributed by atoms with Gasteiger partial charge in [-0.15, -0.1) is 0 Å². The second kappa shape index (κ2) is 6.25. The van der Waals surface area contributed by atoms with Gasteiger partial charge in [-0.1, -0.05) is 39.7 Å². The van der Waals surface area contributed by atoms with Crippen LogP contribution in [0.4, 0.5) is 4.39 Å². The average Bonchev–Trinajstić information content (AvgIpc) is 2.38. The zero-order chi connectivity index (χ0) is 14.0. The van der Waals surface area contributed by atoms with Crippen LogP contribution in [0.3, 0.4) is 0 Å². The van der Waals surface area contributed by atoms with Crippen molar-refractivity contribution in [2.45, 2.75) is 12.3 Å². The van der Waals surface area contributed by atoms with E-state index in [0.29, 0.717) is 16.0 Å². The first-order valence-electron chi connectivity index (χ1n) is 5.49. The molecule has 19 heavy (non-hydrogen) atoms. The molecule has 0 aliphatic rings. The predicted octanol–water partition coefficient (Wildman–Crippen LogP) is 6.24. The molecule has 1 nitrogen and oxygen atoms in total. The highest BCUT2D eigenvalue weighted by atomic mass is 79.9. The van der Waals surface area contributed by atoms with Gasteiger partial charge in [0.25, 0.3) is 0 Å². The van der Waals surface area contributed by atoms with Crippen LogP contribution in [0, 0.1) is 12.7 Å². The maximum Gasteiger partial charge on any atom is 0.145 e. The van der Waals surface area contributed by atoms with E-state index < -0.39 is 5.82 Å². The summed E-state index contributed by atoms with van der Waals surface area (Å²) in [6, 6.07) is 8.59. The standard InChI is InChI=1S/C14H10Br2ClFO/c1-8-4-9(7-15)2-3-13(8)19-14-6-12(18)11(17)5-10(14)16/h2-6H,7H2,1H3. The van der Waals surface area contributed by atoms with Crippen molar-refractivity contribution >= 4 is 43.5 Å². The Morgan fingerprint density at radius 3 is 2.58 bits per heavy atom. The van der Waals surface area contributed by atoms with Gasteiger partial charge in [-0.2, -0.15) is 0 Å².